The summed E-state index contributed by atoms with van der Waals surface area (Å²) in [5.41, 5.74) is 1.19. The van der Waals surface area contributed by atoms with Gasteiger partial charge in [-0.3, -0.25) is 39.0 Å². The lowest BCUT2D eigenvalue weighted by Gasteiger charge is -2.27. The van der Waals surface area contributed by atoms with Crippen LogP contribution >= 0.6 is 11.3 Å². The maximum atomic E-state index is 12.8. The molecule has 2 aliphatic heterocycles. The van der Waals surface area contributed by atoms with Crippen LogP contribution in [0.15, 0.2) is 35.0 Å². The molecule has 1 atom stereocenters. The zero-order valence-electron chi connectivity index (χ0n) is 17.0. The highest BCUT2D eigenvalue weighted by Gasteiger charge is 2.44. The van der Waals surface area contributed by atoms with E-state index in [1.54, 1.807) is 16.8 Å². The monoisotopic (exact) mass is 464 g/mol. The van der Waals surface area contributed by atoms with E-state index in [-0.39, 0.29) is 30.5 Å². The molecule has 1 unspecified atom stereocenters. The third-order valence-electron chi connectivity index (χ3n) is 5.00. The summed E-state index contributed by atoms with van der Waals surface area (Å²) in [4.78, 5) is 73.4. The van der Waals surface area contributed by atoms with Crippen LogP contribution < -0.4 is 16.0 Å². The van der Waals surface area contributed by atoms with E-state index < -0.39 is 41.5 Å². The van der Waals surface area contributed by atoms with Crippen LogP contribution in [-0.4, -0.2) is 52.9 Å². The number of nitrogens with one attached hydrogen (secondary N) is 3. The van der Waals surface area contributed by atoms with Crippen LogP contribution in [0.5, 0.6) is 0 Å². The Hall–Kier alpha value is -4.30. The SMILES string of the molecule is O=C1CCC(N2C(=O)c3ccc(C#CCNC(=O)C(=O)Nc4ccsc4)cc3C2=O)C(=O)N1. The molecule has 0 spiro atoms. The first-order valence-electron chi connectivity index (χ1n) is 9.81. The van der Waals surface area contributed by atoms with Crippen LogP contribution in [-0.2, 0) is 19.2 Å². The largest absolute Gasteiger partial charge is 0.337 e. The lowest BCUT2D eigenvalue weighted by Crippen LogP contribution is -2.54. The highest BCUT2D eigenvalue weighted by atomic mass is 32.1. The van der Waals surface area contributed by atoms with Crippen molar-refractivity contribution in [2.45, 2.75) is 18.9 Å². The van der Waals surface area contributed by atoms with Gasteiger partial charge in [-0.05, 0) is 36.1 Å². The van der Waals surface area contributed by atoms with Crippen molar-refractivity contribution in [1.82, 2.24) is 15.5 Å². The molecule has 0 aliphatic carbocycles. The number of amides is 6. The molecule has 1 aromatic carbocycles. The summed E-state index contributed by atoms with van der Waals surface area (Å²) in [5.74, 6) is 1.42. The summed E-state index contributed by atoms with van der Waals surface area (Å²) in [6.45, 7) is -0.109. The third-order valence-corrected chi connectivity index (χ3v) is 5.68. The first kappa shape index (κ1) is 21.9. The minimum absolute atomic E-state index is 0.0392. The van der Waals surface area contributed by atoms with Gasteiger partial charge in [0, 0.05) is 17.4 Å². The van der Waals surface area contributed by atoms with Gasteiger partial charge in [-0.1, -0.05) is 11.8 Å². The van der Waals surface area contributed by atoms with Crippen molar-refractivity contribution in [1.29, 1.82) is 0 Å². The molecular weight excluding hydrogens is 448 g/mol. The van der Waals surface area contributed by atoms with Crippen LogP contribution in [0.25, 0.3) is 0 Å². The molecule has 4 rings (SSSR count). The lowest BCUT2D eigenvalue weighted by atomic mass is 10.0. The molecule has 10 nitrogen and oxygen atoms in total. The Morgan fingerprint density at radius 1 is 1.09 bits per heavy atom. The molecule has 1 fully saturated rings. The Kier molecular flexibility index (Phi) is 6.01. The maximum Gasteiger partial charge on any atom is 0.313 e. The van der Waals surface area contributed by atoms with Gasteiger partial charge in [0.15, 0.2) is 0 Å². The predicted octanol–water partition coefficient (Wildman–Crippen LogP) is 0.256. The molecule has 0 saturated carbocycles. The Morgan fingerprint density at radius 3 is 2.61 bits per heavy atom. The Morgan fingerprint density at radius 2 is 1.88 bits per heavy atom. The number of piperidine rings is 1. The van der Waals surface area contributed by atoms with Crippen molar-refractivity contribution in [2.24, 2.45) is 0 Å². The molecule has 2 aliphatic rings. The number of fused-ring (bicyclic) bond motifs is 1. The topological polar surface area (TPSA) is 142 Å². The molecular formula is C22H16N4O6S. The number of carbonyl (C=O) groups excluding carboxylic acids is 6. The number of thiophene rings is 1. The Labute approximate surface area is 191 Å². The first-order chi connectivity index (χ1) is 15.8. The number of hydrogen-bond donors (Lipinski definition) is 3. The zero-order valence-corrected chi connectivity index (χ0v) is 17.8. The van der Waals surface area contributed by atoms with Gasteiger partial charge in [0.1, 0.15) is 6.04 Å². The number of carbonyl (C=O) groups is 6. The number of nitrogens with zero attached hydrogens (tertiary/aromatic N) is 1. The Balaban J connectivity index is 1.39. The highest BCUT2D eigenvalue weighted by Crippen LogP contribution is 2.28. The van der Waals surface area contributed by atoms with E-state index >= 15 is 0 Å². The fourth-order valence-corrected chi connectivity index (χ4v) is 4.01. The van der Waals surface area contributed by atoms with Crippen LogP contribution in [0.3, 0.4) is 0 Å². The van der Waals surface area contributed by atoms with E-state index in [9.17, 15) is 28.8 Å². The molecule has 0 radical (unpaired) electrons. The zero-order chi connectivity index (χ0) is 23.5. The average Bonchev–Trinajstić information content (AvgIpc) is 3.38. The van der Waals surface area contributed by atoms with Crippen LogP contribution in [0.2, 0.25) is 0 Å². The quantitative estimate of drug-likeness (QED) is 0.338. The van der Waals surface area contributed by atoms with Crippen molar-refractivity contribution < 1.29 is 28.8 Å². The molecule has 1 saturated heterocycles. The summed E-state index contributed by atoms with van der Waals surface area (Å²) in [6.07, 6.45) is 0.111. The van der Waals surface area contributed by atoms with E-state index in [1.165, 1.54) is 29.5 Å². The van der Waals surface area contributed by atoms with E-state index in [4.69, 9.17) is 0 Å². The Bertz CT molecular complexity index is 1260. The van der Waals surface area contributed by atoms with Gasteiger partial charge in [0.05, 0.1) is 23.4 Å². The molecule has 3 N–H and O–H groups in total. The van der Waals surface area contributed by atoms with Crippen molar-refractivity contribution in [3.63, 3.8) is 0 Å². The van der Waals surface area contributed by atoms with E-state index in [1.807, 2.05) is 0 Å². The van der Waals surface area contributed by atoms with Crippen molar-refractivity contribution >= 4 is 52.5 Å². The summed E-state index contributed by atoms with van der Waals surface area (Å²) in [7, 11) is 0. The van der Waals surface area contributed by atoms with Crippen LogP contribution in [0, 0.1) is 11.8 Å². The summed E-state index contributed by atoms with van der Waals surface area (Å²) in [6, 6.07) is 5.03. The van der Waals surface area contributed by atoms with Gasteiger partial charge in [-0.25, -0.2) is 0 Å². The van der Waals surface area contributed by atoms with E-state index in [2.05, 4.69) is 27.8 Å². The lowest BCUT2D eigenvalue weighted by molar-refractivity contribution is -0.136. The molecule has 11 heteroatoms. The van der Waals surface area contributed by atoms with Crippen molar-refractivity contribution in [3.05, 3.63) is 51.7 Å². The van der Waals surface area contributed by atoms with Gasteiger partial charge in [-0.15, -0.1) is 0 Å². The predicted molar refractivity (Wildman–Crippen MR) is 116 cm³/mol. The number of imide groups is 2. The summed E-state index contributed by atoms with van der Waals surface area (Å²) >= 11 is 1.38. The van der Waals surface area contributed by atoms with Crippen LogP contribution in [0.4, 0.5) is 5.69 Å². The number of anilines is 1. The van der Waals surface area contributed by atoms with Gasteiger partial charge in [-0.2, -0.15) is 11.3 Å². The molecule has 0 bridgehead atoms. The second kappa shape index (κ2) is 9.05. The second-order valence-electron chi connectivity index (χ2n) is 7.16. The van der Waals surface area contributed by atoms with Gasteiger partial charge >= 0.3 is 11.8 Å². The van der Waals surface area contributed by atoms with Crippen molar-refractivity contribution in [2.75, 3.05) is 11.9 Å². The van der Waals surface area contributed by atoms with E-state index in [0.717, 1.165) is 4.90 Å². The average molecular weight is 464 g/mol. The third kappa shape index (κ3) is 4.51. The summed E-state index contributed by atoms with van der Waals surface area (Å²) in [5, 5.41) is 10.4. The standard InChI is InChI=1S/C22H16N4O6S/c27-17-6-5-16(18(28)25-17)26-21(31)14-4-3-12(10-15(14)22(26)32)2-1-8-23-19(29)20(30)24-13-7-9-33-11-13/h3-4,7,9-11,16H,5-6,8H2,(H,23,29)(H,24,30)(H,25,27,28). The highest BCUT2D eigenvalue weighted by molar-refractivity contribution is 7.08. The minimum atomic E-state index is -1.04. The van der Waals surface area contributed by atoms with Gasteiger partial charge in [0.25, 0.3) is 11.8 Å². The number of benzene rings is 1. The summed E-state index contributed by atoms with van der Waals surface area (Å²) < 4.78 is 0. The van der Waals surface area contributed by atoms with Gasteiger partial charge in [0.2, 0.25) is 11.8 Å². The first-order valence-corrected chi connectivity index (χ1v) is 10.8. The molecule has 3 heterocycles. The smallest absolute Gasteiger partial charge is 0.313 e. The maximum absolute atomic E-state index is 12.8. The normalized spacial score (nSPS) is 17.1. The fourth-order valence-electron chi connectivity index (χ4n) is 3.42. The van der Waals surface area contributed by atoms with Crippen molar-refractivity contribution in [3.8, 4) is 11.8 Å². The molecule has 1 aromatic heterocycles. The molecule has 33 heavy (non-hydrogen) atoms. The van der Waals surface area contributed by atoms with Crippen LogP contribution in [0.1, 0.15) is 39.1 Å². The number of rotatable bonds is 3. The minimum Gasteiger partial charge on any atom is -0.337 e. The van der Waals surface area contributed by atoms with Gasteiger partial charge < -0.3 is 10.6 Å². The van der Waals surface area contributed by atoms with E-state index in [0.29, 0.717) is 11.3 Å². The fraction of sp³-hybridized carbons (Fsp3) is 0.182. The second-order valence-corrected chi connectivity index (χ2v) is 7.94. The number of hydrogen-bond acceptors (Lipinski definition) is 7. The molecule has 166 valence electrons. The molecule has 2 aromatic rings. The molecule has 6 amide bonds.